The van der Waals surface area contributed by atoms with Gasteiger partial charge < -0.3 is 9.73 Å². The van der Waals surface area contributed by atoms with Crippen LogP contribution in [0, 0.1) is 6.92 Å². The molecule has 0 aliphatic rings. The van der Waals surface area contributed by atoms with Crippen molar-refractivity contribution in [2.24, 2.45) is 0 Å². The number of anilines is 1. The van der Waals surface area contributed by atoms with Crippen molar-refractivity contribution in [3.63, 3.8) is 0 Å². The number of rotatable bonds is 5. The molecule has 0 aliphatic carbocycles. The van der Waals surface area contributed by atoms with Crippen molar-refractivity contribution in [2.45, 2.75) is 13.5 Å². The van der Waals surface area contributed by atoms with Gasteiger partial charge in [0.2, 0.25) is 5.91 Å². The molecule has 1 N–H and O–H groups in total. The summed E-state index contributed by atoms with van der Waals surface area (Å²) in [6, 6.07) is 7.24. The van der Waals surface area contributed by atoms with E-state index in [1.807, 2.05) is 31.0 Å². The van der Waals surface area contributed by atoms with E-state index in [0.717, 1.165) is 11.5 Å². The minimum atomic E-state index is -0.148. The Kier molecular flexibility index (Phi) is 4.76. The normalized spacial score (nSPS) is 10.8. The van der Waals surface area contributed by atoms with Crippen LogP contribution in [0.2, 0.25) is 5.15 Å². The van der Waals surface area contributed by atoms with Crippen molar-refractivity contribution in [2.75, 3.05) is 18.9 Å². The minimum absolute atomic E-state index is 0.148. The number of nitrogens with zero attached hydrogens (tertiary/aromatic N) is 2. The van der Waals surface area contributed by atoms with Crippen LogP contribution in [-0.4, -0.2) is 29.4 Å². The van der Waals surface area contributed by atoms with Crippen LogP contribution in [0.3, 0.4) is 0 Å². The highest BCUT2D eigenvalue weighted by Crippen LogP contribution is 2.17. The Morgan fingerprint density at radius 3 is 2.90 bits per heavy atom. The molecule has 0 radical (unpaired) electrons. The molecule has 0 fully saturated rings. The zero-order valence-corrected chi connectivity index (χ0v) is 12.1. The van der Waals surface area contributed by atoms with E-state index in [1.165, 1.54) is 0 Å². The molecule has 2 aromatic rings. The molecule has 0 aliphatic heterocycles. The number of aryl methyl sites for hydroxylation is 1. The van der Waals surface area contributed by atoms with E-state index in [1.54, 1.807) is 18.3 Å². The summed E-state index contributed by atoms with van der Waals surface area (Å²) in [5.74, 6) is 1.54. The molecule has 0 spiro atoms. The maximum atomic E-state index is 11.9. The molecule has 20 heavy (non-hydrogen) atoms. The van der Waals surface area contributed by atoms with Crippen molar-refractivity contribution >= 4 is 23.2 Å². The van der Waals surface area contributed by atoms with Crippen molar-refractivity contribution in [1.82, 2.24) is 9.88 Å². The highest BCUT2D eigenvalue weighted by Gasteiger charge is 2.10. The van der Waals surface area contributed by atoms with Crippen LogP contribution < -0.4 is 5.32 Å². The lowest BCUT2D eigenvalue weighted by atomic mass is 10.3. The second kappa shape index (κ2) is 6.54. The first-order valence-electron chi connectivity index (χ1n) is 6.19. The number of nitrogens with one attached hydrogen (secondary N) is 1. The Hall–Kier alpha value is -1.85. The number of furan rings is 1. The molecule has 0 bridgehead atoms. The van der Waals surface area contributed by atoms with Crippen molar-refractivity contribution in [3.05, 3.63) is 47.1 Å². The predicted octanol–water partition coefficient (Wildman–Crippen LogP) is 2.71. The van der Waals surface area contributed by atoms with Crippen LogP contribution in [0.15, 0.2) is 34.9 Å². The van der Waals surface area contributed by atoms with Crippen LogP contribution in [0.5, 0.6) is 0 Å². The lowest BCUT2D eigenvalue weighted by Gasteiger charge is -2.15. The number of hydrogen-bond donors (Lipinski definition) is 1. The van der Waals surface area contributed by atoms with E-state index in [9.17, 15) is 4.79 Å². The number of pyridine rings is 1. The van der Waals surface area contributed by atoms with Gasteiger partial charge in [-0.05, 0) is 38.2 Å². The molecule has 0 unspecified atom stereocenters. The number of hydrogen-bond acceptors (Lipinski definition) is 4. The maximum Gasteiger partial charge on any atom is 0.238 e. The molecule has 6 heteroatoms. The van der Waals surface area contributed by atoms with Gasteiger partial charge in [0.1, 0.15) is 11.5 Å². The summed E-state index contributed by atoms with van der Waals surface area (Å²) >= 11 is 5.88. The fraction of sp³-hybridized carbons (Fsp3) is 0.286. The van der Waals surface area contributed by atoms with Gasteiger partial charge in [-0.3, -0.25) is 9.69 Å². The smallest absolute Gasteiger partial charge is 0.238 e. The summed E-state index contributed by atoms with van der Waals surface area (Å²) in [6.07, 6.45) is 1.57. The molecule has 2 heterocycles. The number of halogens is 1. The Labute approximate surface area is 122 Å². The molecular formula is C14H16ClN3O2. The summed E-state index contributed by atoms with van der Waals surface area (Å²) in [5.41, 5.74) is 0.515. The van der Waals surface area contributed by atoms with Gasteiger partial charge in [-0.2, -0.15) is 0 Å². The third-order valence-corrected chi connectivity index (χ3v) is 2.97. The number of carbonyl (C=O) groups is 1. The van der Waals surface area contributed by atoms with Gasteiger partial charge in [-0.1, -0.05) is 11.6 Å². The lowest BCUT2D eigenvalue weighted by molar-refractivity contribution is -0.117. The van der Waals surface area contributed by atoms with Crippen LogP contribution in [0.1, 0.15) is 11.5 Å². The van der Waals surface area contributed by atoms with Crippen molar-refractivity contribution < 1.29 is 9.21 Å². The average molecular weight is 294 g/mol. The molecule has 0 atom stereocenters. The Balaban J connectivity index is 1.86. The average Bonchev–Trinajstić information content (AvgIpc) is 2.77. The first-order chi connectivity index (χ1) is 9.54. The minimum Gasteiger partial charge on any atom is -0.465 e. The molecule has 5 nitrogen and oxygen atoms in total. The number of likely N-dealkylation sites (N-methyl/N-ethyl adjacent to an activating group) is 1. The van der Waals surface area contributed by atoms with Crippen LogP contribution >= 0.6 is 11.6 Å². The Morgan fingerprint density at radius 2 is 2.25 bits per heavy atom. The highest BCUT2D eigenvalue weighted by molar-refractivity contribution is 6.32. The second-order valence-electron chi connectivity index (χ2n) is 4.57. The SMILES string of the molecule is Cc1ccc(CN(C)CC(=O)Nc2cccnc2Cl)o1. The van der Waals surface area contributed by atoms with E-state index in [-0.39, 0.29) is 17.6 Å². The zero-order valence-electron chi connectivity index (χ0n) is 11.4. The first-order valence-corrected chi connectivity index (χ1v) is 6.56. The lowest BCUT2D eigenvalue weighted by Crippen LogP contribution is -2.29. The summed E-state index contributed by atoms with van der Waals surface area (Å²) < 4.78 is 5.47. The van der Waals surface area contributed by atoms with E-state index in [2.05, 4.69) is 10.3 Å². The topological polar surface area (TPSA) is 58.4 Å². The van der Waals surface area contributed by atoms with Crippen LogP contribution in [0.4, 0.5) is 5.69 Å². The molecular weight excluding hydrogens is 278 g/mol. The molecule has 2 aromatic heterocycles. The van der Waals surface area contributed by atoms with Gasteiger partial charge in [0.05, 0.1) is 18.8 Å². The van der Waals surface area contributed by atoms with E-state index >= 15 is 0 Å². The molecule has 0 saturated carbocycles. The van der Waals surface area contributed by atoms with Gasteiger partial charge in [0, 0.05) is 6.20 Å². The number of carbonyl (C=O) groups excluding carboxylic acids is 1. The number of amides is 1. The van der Waals surface area contributed by atoms with Crippen molar-refractivity contribution in [1.29, 1.82) is 0 Å². The van der Waals surface area contributed by atoms with E-state index in [0.29, 0.717) is 12.2 Å². The van der Waals surface area contributed by atoms with Gasteiger partial charge in [-0.25, -0.2) is 4.98 Å². The summed E-state index contributed by atoms with van der Waals surface area (Å²) in [6.45, 7) is 2.70. The fourth-order valence-electron chi connectivity index (χ4n) is 1.81. The van der Waals surface area contributed by atoms with Gasteiger partial charge >= 0.3 is 0 Å². The molecule has 0 saturated heterocycles. The largest absolute Gasteiger partial charge is 0.465 e. The monoisotopic (exact) mass is 293 g/mol. The molecule has 2 rings (SSSR count). The Bertz CT molecular complexity index is 598. The van der Waals surface area contributed by atoms with Crippen molar-refractivity contribution in [3.8, 4) is 0 Å². The Morgan fingerprint density at radius 1 is 1.45 bits per heavy atom. The highest BCUT2D eigenvalue weighted by atomic mass is 35.5. The molecule has 1 amide bonds. The van der Waals surface area contributed by atoms with Crippen LogP contribution in [0.25, 0.3) is 0 Å². The second-order valence-corrected chi connectivity index (χ2v) is 4.93. The summed E-state index contributed by atoms with van der Waals surface area (Å²) in [7, 11) is 1.85. The third kappa shape index (κ3) is 4.08. The molecule has 0 aromatic carbocycles. The van der Waals surface area contributed by atoms with Gasteiger partial charge in [-0.15, -0.1) is 0 Å². The standard InChI is InChI=1S/C14H16ClN3O2/c1-10-5-6-11(20-10)8-18(2)9-13(19)17-12-4-3-7-16-14(12)15/h3-7H,8-9H2,1-2H3,(H,17,19). The van der Waals surface area contributed by atoms with E-state index in [4.69, 9.17) is 16.0 Å². The fourth-order valence-corrected chi connectivity index (χ4v) is 1.97. The van der Waals surface area contributed by atoms with Gasteiger partial charge in [0.25, 0.3) is 0 Å². The first kappa shape index (κ1) is 14.6. The maximum absolute atomic E-state index is 11.9. The third-order valence-electron chi connectivity index (χ3n) is 2.67. The van der Waals surface area contributed by atoms with Crippen LogP contribution in [-0.2, 0) is 11.3 Å². The van der Waals surface area contributed by atoms with Gasteiger partial charge in [0.15, 0.2) is 5.15 Å². The summed E-state index contributed by atoms with van der Waals surface area (Å²) in [4.78, 5) is 17.7. The quantitative estimate of drug-likeness (QED) is 0.861. The molecule has 106 valence electrons. The van der Waals surface area contributed by atoms with E-state index < -0.39 is 0 Å². The summed E-state index contributed by atoms with van der Waals surface area (Å²) in [5, 5.41) is 3.01. The predicted molar refractivity (Wildman–Crippen MR) is 77.7 cm³/mol. The zero-order chi connectivity index (χ0) is 14.5. The number of aromatic nitrogens is 1.